The first kappa shape index (κ1) is 16.8. The van der Waals surface area contributed by atoms with Crippen molar-refractivity contribution < 1.29 is 9.21 Å². The lowest BCUT2D eigenvalue weighted by Gasteiger charge is -2.08. The van der Waals surface area contributed by atoms with Crippen LogP contribution in [0.2, 0.25) is 0 Å². The van der Waals surface area contributed by atoms with Crippen molar-refractivity contribution in [3.05, 3.63) is 86.5 Å². The minimum atomic E-state index is -0.700. The Morgan fingerprint density at radius 3 is 2.70 bits per heavy atom. The summed E-state index contributed by atoms with van der Waals surface area (Å²) in [6.45, 7) is 1.98. The first-order valence-corrected chi connectivity index (χ1v) is 8.55. The smallest absolute Gasteiger partial charge is 0.349 e. The lowest BCUT2D eigenvalue weighted by Crippen LogP contribution is -2.20. The Morgan fingerprint density at radius 2 is 1.89 bits per heavy atom. The Morgan fingerprint density at radius 1 is 1.07 bits per heavy atom. The number of aromatic amines is 1. The molecule has 0 aliphatic rings. The first-order chi connectivity index (χ1) is 13.0. The molecule has 6 heteroatoms. The minimum absolute atomic E-state index is 0.0791. The number of hydrogen-bond acceptors (Lipinski definition) is 4. The number of H-pyrrole nitrogens is 1. The van der Waals surface area contributed by atoms with Crippen molar-refractivity contribution in [2.24, 2.45) is 0 Å². The summed E-state index contributed by atoms with van der Waals surface area (Å²) < 4.78 is 5.20. The van der Waals surface area contributed by atoms with Gasteiger partial charge >= 0.3 is 5.63 Å². The van der Waals surface area contributed by atoms with Crippen molar-refractivity contribution in [3.63, 3.8) is 0 Å². The number of pyridine rings is 1. The third kappa shape index (κ3) is 3.13. The van der Waals surface area contributed by atoms with E-state index in [0.29, 0.717) is 22.2 Å². The van der Waals surface area contributed by atoms with Crippen molar-refractivity contribution in [3.8, 4) is 0 Å². The molecular weight excluding hydrogens is 344 g/mol. The zero-order valence-corrected chi connectivity index (χ0v) is 14.5. The number of carbonyl (C=O) groups is 1. The van der Waals surface area contributed by atoms with Gasteiger partial charge in [-0.1, -0.05) is 31.2 Å². The predicted molar refractivity (Wildman–Crippen MR) is 104 cm³/mol. The molecule has 0 saturated heterocycles. The van der Waals surface area contributed by atoms with E-state index in [2.05, 4.69) is 10.3 Å². The summed E-state index contributed by atoms with van der Waals surface area (Å²) in [5, 5.41) is 4.27. The molecule has 6 nitrogen and oxygen atoms in total. The van der Waals surface area contributed by atoms with Crippen LogP contribution in [0.5, 0.6) is 0 Å². The van der Waals surface area contributed by atoms with Gasteiger partial charge in [0.1, 0.15) is 11.1 Å². The molecule has 0 saturated carbocycles. The van der Waals surface area contributed by atoms with Gasteiger partial charge in [-0.15, -0.1) is 0 Å². The van der Waals surface area contributed by atoms with Crippen LogP contribution in [-0.2, 0) is 6.42 Å². The van der Waals surface area contributed by atoms with Crippen molar-refractivity contribution in [1.82, 2.24) is 4.98 Å². The summed E-state index contributed by atoms with van der Waals surface area (Å²) in [5.41, 5.74) is 1.49. The molecule has 4 aromatic rings. The van der Waals surface area contributed by atoms with Crippen LogP contribution in [0, 0.1) is 0 Å². The topological polar surface area (TPSA) is 92.2 Å². The Balaban J connectivity index is 1.72. The normalized spacial score (nSPS) is 11.0. The van der Waals surface area contributed by atoms with Crippen LogP contribution in [-0.4, -0.2) is 10.9 Å². The fourth-order valence-corrected chi connectivity index (χ4v) is 3.12. The molecule has 0 atom stereocenters. The third-order valence-corrected chi connectivity index (χ3v) is 4.45. The lowest BCUT2D eigenvalue weighted by atomic mass is 10.1. The molecule has 2 heterocycles. The molecule has 2 N–H and O–H groups in total. The Bertz CT molecular complexity index is 1300. The van der Waals surface area contributed by atoms with Crippen molar-refractivity contribution in [2.75, 3.05) is 5.32 Å². The highest BCUT2D eigenvalue weighted by atomic mass is 16.4. The number of aromatic nitrogens is 1. The van der Waals surface area contributed by atoms with Gasteiger partial charge in [0.2, 0.25) is 5.56 Å². The first-order valence-electron chi connectivity index (χ1n) is 8.55. The van der Waals surface area contributed by atoms with Crippen molar-refractivity contribution in [2.45, 2.75) is 13.3 Å². The second-order valence-corrected chi connectivity index (χ2v) is 6.21. The number of benzene rings is 2. The van der Waals surface area contributed by atoms with Gasteiger partial charge in [0, 0.05) is 22.5 Å². The molecule has 27 heavy (non-hydrogen) atoms. The molecule has 134 valence electrons. The molecule has 4 rings (SSSR count). The minimum Gasteiger partial charge on any atom is -0.422 e. The largest absolute Gasteiger partial charge is 0.422 e. The molecule has 0 bridgehead atoms. The van der Waals surface area contributed by atoms with Crippen molar-refractivity contribution >= 4 is 33.5 Å². The van der Waals surface area contributed by atoms with E-state index in [9.17, 15) is 14.4 Å². The summed E-state index contributed by atoms with van der Waals surface area (Å²) in [6.07, 6.45) is 0.726. The summed E-state index contributed by atoms with van der Waals surface area (Å²) in [7, 11) is 0. The number of carbonyl (C=O) groups excluding carboxylic acids is 1. The molecule has 0 fully saturated rings. The number of hydrogen-bond donors (Lipinski definition) is 2. The maximum absolute atomic E-state index is 12.6. The van der Waals surface area contributed by atoms with Crippen LogP contribution in [0.4, 0.5) is 5.69 Å². The summed E-state index contributed by atoms with van der Waals surface area (Å²) in [5.74, 6) is -0.567. The van der Waals surface area contributed by atoms with Gasteiger partial charge < -0.3 is 14.7 Å². The van der Waals surface area contributed by atoms with Gasteiger partial charge in [-0.25, -0.2) is 4.79 Å². The zero-order chi connectivity index (χ0) is 19.0. The molecule has 2 aromatic carbocycles. The highest BCUT2D eigenvalue weighted by Gasteiger charge is 2.14. The maximum Gasteiger partial charge on any atom is 0.349 e. The summed E-state index contributed by atoms with van der Waals surface area (Å²) in [6, 6.07) is 15.3. The van der Waals surface area contributed by atoms with Crippen LogP contribution in [0.15, 0.2) is 68.6 Å². The average molecular weight is 360 g/mol. The van der Waals surface area contributed by atoms with Gasteiger partial charge in [-0.2, -0.15) is 0 Å². The molecule has 0 spiro atoms. The van der Waals surface area contributed by atoms with Gasteiger partial charge in [0.05, 0.1) is 5.52 Å². The van der Waals surface area contributed by atoms with Gasteiger partial charge in [-0.05, 0) is 36.2 Å². The van der Waals surface area contributed by atoms with Gasteiger partial charge in [0.25, 0.3) is 5.91 Å². The van der Waals surface area contributed by atoms with Crippen LogP contribution >= 0.6 is 0 Å². The number of aryl methyl sites for hydroxylation is 1. The highest BCUT2D eigenvalue weighted by Crippen LogP contribution is 2.21. The predicted octanol–water partition coefficient (Wildman–Crippen LogP) is 3.45. The number of para-hydroxylation sites is 1. The zero-order valence-electron chi connectivity index (χ0n) is 14.5. The fourth-order valence-electron chi connectivity index (χ4n) is 3.12. The van der Waals surface area contributed by atoms with Crippen LogP contribution in [0.3, 0.4) is 0 Å². The van der Waals surface area contributed by atoms with Crippen LogP contribution < -0.4 is 16.5 Å². The number of amides is 1. The Hall–Kier alpha value is -3.67. The number of anilines is 1. The average Bonchev–Trinajstić information content (AvgIpc) is 2.66. The summed E-state index contributed by atoms with van der Waals surface area (Å²) in [4.78, 5) is 39.2. The molecule has 0 aliphatic heterocycles. The second kappa shape index (κ2) is 6.57. The van der Waals surface area contributed by atoms with Crippen LogP contribution in [0.1, 0.15) is 22.8 Å². The van der Waals surface area contributed by atoms with Gasteiger partial charge in [0.15, 0.2) is 0 Å². The summed E-state index contributed by atoms with van der Waals surface area (Å²) >= 11 is 0. The van der Waals surface area contributed by atoms with E-state index < -0.39 is 11.5 Å². The van der Waals surface area contributed by atoms with E-state index in [-0.39, 0.29) is 11.1 Å². The van der Waals surface area contributed by atoms with E-state index in [1.807, 2.05) is 13.0 Å². The lowest BCUT2D eigenvalue weighted by molar-refractivity contribution is 0.102. The molecule has 0 radical (unpaired) electrons. The molecule has 2 aromatic heterocycles. The Kier molecular flexibility index (Phi) is 4.08. The SMILES string of the molecule is CCc1cc(=O)[nH]c2cc(NC(=O)c3cc4ccccc4oc3=O)ccc12. The molecule has 1 amide bonds. The van der Waals surface area contributed by atoms with E-state index in [1.165, 1.54) is 6.07 Å². The maximum atomic E-state index is 12.6. The second-order valence-electron chi connectivity index (χ2n) is 6.21. The van der Waals surface area contributed by atoms with E-state index in [1.54, 1.807) is 42.5 Å². The monoisotopic (exact) mass is 360 g/mol. The van der Waals surface area contributed by atoms with Crippen molar-refractivity contribution in [1.29, 1.82) is 0 Å². The van der Waals surface area contributed by atoms with Gasteiger partial charge in [-0.3, -0.25) is 9.59 Å². The number of fused-ring (bicyclic) bond motifs is 2. The number of nitrogens with one attached hydrogen (secondary N) is 2. The van der Waals surface area contributed by atoms with E-state index in [0.717, 1.165) is 17.4 Å². The standard InChI is InChI=1S/C21H16N2O4/c1-2-12-10-19(24)23-17-11-14(7-8-15(12)17)22-20(25)16-9-13-5-3-4-6-18(13)27-21(16)26/h3-11H,2H2,1H3,(H,22,25)(H,23,24). The van der Waals surface area contributed by atoms with E-state index in [4.69, 9.17) is 4.42 Å². The third-order valence-electron chi connectivity index (χ3n) is 4.45. The Labute approximate surface area is 153 Å². The highest BCUT2D eigenvalue weighted by molar-refractivity contribution is 6.06. The van der Waals surface area contributed by atoms with E-state index >= 15 is 0 Å². The fraction of sp³-hybridized carbons (Fsp3) is 0.0952. The quantitative estimate of drug-likeness (QED) is 0.547. The van der Waals surface area contributed by atoms with Crippen LogP contribution in [0.25, 0.3) is 21.9 Å². The molecule has 0 unspecified atom stereocenters. The number of rotatable bonds is 3. The molecule has 0 aliphatic carbocycles. The molecular formula is C21H16N2O4.